The van der Waals surface area contributed by atoms with Crippen molar-refractivity contribution in [1.82, 2.24) is 10.2 Å². The van der Waals surface area contributed by atoms with Gasteiger partial charge in [0.15, 0.2) is 0 Å². The standard InChI is InChI=1S/C22H25F3N2O2/c1-15(28)13-26-14-21(29)27-11-10-16-6-2-4-8-18(16)20(27)12-17-7-3-5-9-19(17)22(23,24)25/h2-9,15,20,26,28H,10-14H2,1H3/t15-,20+/m1/s1. The largest absolute Gasteiger partial charge is 0.416 e. The van der Waals surface area contributed by atoms with Crippen molar-refractivity contribution in [3.8, 4) is 0 Å². The van der Waals surface area contributed by atoms with Crippen molar-refractivity contribution in [1.29, 1.82) is 0 Å². The van der Waals surface area contributed by atoms with E-state index in [4.69, 9.17) is 0 Å². The van der Waals surface area contributed by atoms with Crippen molar-refractivity contribution in [2.45, 2.75) is 38.1 Å². The predicted molar refractivity (Wildman–Crippen MR) is 104 cm³/mol. The Balaban J connectivity index is 1.90. The number of benzene rings is 2. The Bertz CT molecular complexity index is 852. The van der Waals surface area contributed by atoms with Crippen molar-refractivity contribution >= 4 is 5.91 Å². The van der Waals surface area contributed by atoms with Crippen LogP contribution in [0.3, 0.4) is 0 Å². The summed E-state index contributed by atoms with van der Waals surface area (Å²) in [5, 5.41) is 12.3. The third-order valence-corrected chi connectivity index (χ3v) is 5.18. The van der Waals surface area contributed by atoms with E-state index in [-0.39, 0.29) is 31.0 Å². The minimum absolute atomic E-state index is 0.0322. The van der Waals surface area contributed by atoms with Gasteiger partial charge in [-0.15, -0.1) is 0 Å². The van der Waals surface area contributed by atoms with Crippen molar-refractivity contribution in [3.63, 3.8) is 0 Å². The molecule has 3 rings (SSSR count). The molecule has 0 fully saturated rings. The number of amides is 1. The predicted octanol–water partition coefficient (Wildman–Crippen LogP) is 3.34. The van der Waals surface area contributed by atoms with Gasteiger partial charge in [0.25, 0.3) is 0 Å². The Kier molecular flexibility index (Phi) is 6.59. The van der Waals surface area contributed by atoms with Gasteiger partial charge in [-0.3, -0.25) is 4.79 Å². The number of nitrogens with zero attached hydrogens (tertiary/aromatic N) is 1. The number of aliphatic hydroxyl groups is 1. The van der Waals surface area contributed by atoms with E-state index in [1.807, 2.05) is 24.3 Å². The molecule has 4 nitrogen and oxygen atoms in total. The van der Waals surface area contributed by atoms with Gasteiger partial charge in [0.05, 0.1) is 24.3 Å². The molecule has 0 spiro atoms. The summed E-state index contributed by atoms with van der Waals surface area (Å²) < 4.78 is 40.4. The average molecular weight is 406 g/mol. The number of nitrogens with one attached hydrogen (secondary N) is 1. The Labute approximate surface area is 168 Å². The molecule has 156 valence electrons. The number of carbonyl (C=O) groups excluding carboxylic acids is 1. The van der Waals surface area contributed by atoms with Crippen LogP contribution in [0.15, 0.2) is 48.5 Å². The molecular formula is C22H25F3N2O2. The van der Waals surface area contributed by atoms with Gasteiger partial charge < -0.3 is 15.3 Å². The maximum atomic E-state index is 13.5. The third kappa shape index (κ3) is 5.16. The second-order valence-corrected chi connectivity index (χ2v) is 7.39. The molecule has 0 aromatic heterocycles. The summed E-state index contributed by atoms with van der Waals surface area (Å²) in [7, 11) is 0. The van der Waals surface area contributed by atoms with Gasteiger partial charge in [-0.25, -0.2) is 0 Å². The van der Waals surface area contributed by atoms with Gasteiger partial charge in [-0.1, -0.05) is 42.5 Å². The van der Waals surface area contributed by atoms with Crippen molar-refractivity contribution in [2.75, 3.05) is 19.6 Å². The van der Waals surface area contributed by atoms with Gasteiger partial charge in [-0.05, 0) is 42.5 Å². The van der Waals surface area contributed by atoms with E-state index in [1.54, 1.807) is 17.9 Å². The van der Waals surface area contributed by atoms with Gasteiger partial charge in [0.2, 0.25) is 5.91 Å². The molecule has 0 radical (unpaired) electrons. The Hall–Kier alpha value is -2.38. The normalized spacial score (nSPS) is 17.7. The van der Waals surface area contributed by atoms with Crippen molar-refractivity contribution in [3.05, 3.63) is 70.8 Å². The summed E-state index contributed by atoms with van der Waals surface area (Å²) in [6, 6.07) is 12.7. The molecule has 0 aliphatic carbocycles. The molecule has 29 heavy (non-hydrogen) atoms. The van der Waals surface area contributed by atoms with Crippen LogP contribution in [0.5, 0.6) is 0 Å². The molecule has 2 aromatic carbocycles. The van der Waals surface area contributed by atoms with Crippen LogP contribution >= 0.6 is 0 Å². The first-order valence-corrected chi connectivity index (χ1v) is 9.68. The van der Waals surface area contributed by atoms with Crippen LogP contribution in [0.2, 0.25) is 0 Å². The minimum Gasteiger partial charge on any atom is -0.392 e. The smallest absolute Gasteiger partial charge is 0.392 e. The highest BCUT2D eigenvalue weighted by Gasteiger charge is 2.36. The summed E-state index contributed by atoms with van der Waals surface area (Å²) in [5.74, 6) is -0.186. The van der Waals surface area contributed by atoms with Crippen LogP contribution in [0, 0.1) is 0 Å². The number of rotatable bonds is 6. The molecule has 2 N–H and O–H groups in total. The van der Waals surface area contributed by atoms with Crippen molar-refractivity contribution < 1.29 is 23.1 Å². The number of carbonyl (C=O) groups is 1. The first kappa shape index (κ1) is 21.3. The lowest BCUT2D eigenvalue weighted by atomic mass is 9.87. The van der Waals surface area contributed by atoms with Crippen LogP contribution in [0.25, 0.3) is 0 Å². The van der Waals surface area contributed by atoms with E-state index in [0.717, 1.165) is 17.2 Å². The van der Waals surface area contributed by atoms with E-state index in [9.17, 15) is 23.1 Å². The van der Waals surface area contributed by atoms with Gasteiger partial charge in [0.1, 0.15) is 0 Å². The number of aliphatic hydroxyl groups excluding tert-OH is 1. The first-order valence-electron chi connectivity index (χ1n) is 9.68. The molecule has 0 saturated heterocycles. The Morgan fingerprint density at radius 3 is 2.62 bits per heavy atom. The molecular weight excluding hydrogens is 381 g/mol. The monoisotopic (exact) mass is 406 g/mol. The fourth-order valence-electron chi connectivity index (χ4n) is 3.84. The number of hydrogen-bond acceptors (Lipinski definition) is 3. The first-order chi connectivity index (χ1) is 13.8. The lowest BCUT2D eigenvalue weighted by Crippen LogP contribution is -2.45. The zero-order chi connectivity index (χ0) is 21.0. The average Bonchev–Trinajstić information content (AvgIpc) is 2.67. The summed E-state index contributed by atoms with van der Waals surface area (Å²) in [4.78, 5) is 14.5. The van der Waals surface area contributed by atoms with E-state index in [1.165, 1.54) is 12.1 Å². The Morgan fingerprint density at radius 1 is 1.21 bits per heavy atom. The lowest BCUT2D eigenvalue weighted by molar-refractivity contribution is -0.138. The van der Waals surface area contributed by atoms with E-state index in [2.05, 4.69) is 5.32 Å². The second-order valence-electron chi connectivity index (χ2n) is 7.39. The minimum atomic E-state index is -4.45. The van der Waals surface area contributed by atoms with Crippen LogP contribution in [-0.2, 0) is 23.8 Å². The van der Waals surface area contributed by atoms with E-state index in [0.29, 0.717) is 13.0 Å². The molecule has 0 bridgehead atoms. The fourth-order valence-corrected chi connectivity index (χ4v) is 3.84. The van der Waals surface area contributed by atoms with Crippen LogP contribution in [-0.4, -0.2) is 41.7 Å². The molecule has 0 saturated carbocycles. The highest BCUT2D eigenvalue weighted by atomic mass is 19.4. The van der Waals surface area contributed by atoms with E-state index >= 15 is 0 Å². The number of hydrogen-bond donors (Lipinski definition) is 2. The molecule has 1 heterocycles. The van der Waals surface area contributed by atoms with Crippen LogP contribution in [0.4, 0.5) is 13.2 Å². The highest BCUT2D eigenvalue weighted by Crippen LogP contribution is 2.37. The van der Waals surface area contributed by atoms with Gasteiger partial charge in [0, 0.05) is 13.1 Å². The molecule has 7 heteroatoms. The highest BCUT2D eigenvalue weighted by molar-refractivity contribution is 5.79. The maximum absolute atomic E-state index is 13.5. The van der Waals surface area contributed by atoms with Crippen LogP contribution in [0.1, 0.15) is 35.2 Å². The topological polar surface area (TPSA) is 52.6 Å². The third-order valence-electron chi connectivity index (χ3n) is 5.18. The van der Waals surface area contributed by atoms with E-state index < -0.39 is 23.9 Å². The van der Waals surface area contributed by atoms with Gasteiger partial charge >= 0.3 is 6.18 Å². The molecule has 2 atom stereocenters. The summed E-state index contributed by atoms with van der Waals surface area (Å²) in [5.41, 5.74) is 1.46. The maximum Gasteiger partial charge on any atom is 0.416 e. The molecule has 1 amide bonds. The number of alkyl halides is 3. The van der Waals surface area contributed by atoms with Crippen LogP contribution < -0.4 is 5.32 Å². The zero-order valence-electron chi connectivity index (χ0n) is 16.2. The number of halogens is 3. The summed E-state index contributed by atoms with van der Waals surface area (Å²) >= 11 is 0. The zero-order valence-corrected chi connectivity index (χ0v) is 16.2. The van der Waals surface area contributed by atoms with Gasteiger partial charge in [-0.2, -0.15) is 13.2 Å². The quantitative estimate of drug-likeness (QED) is 0.774. The molecule has 1 aliphatic heterocycles. The second kappa shape index (κ2) is 8.97. The summed E-state index contributed by atoms with van der Waals surface area (Å²) in [6.07, 6.45) is -4.28. The molecule has 0 unspecified atom stereocenters. The fraction of sp³-hybridized carbons (Fsp3) is 0.409. The summed E-state index contributed by atoms with van der Waals surface area (Å²) in [6.45, 7) is 2.37. The lowest BCUT2D eigenvalue weighted by Gasteiger charge is -2.38. The molecule has 2 aromatic rings. The number of fused-ring (bicyclic) bond motifs is 1. The Morgan fingerprint density at radius 2 is 1.90 bits per heavy atom. The SMILES string of the molecule is C[C@@H](O)CNCC(=O)N1CCc2ccccc2[C@@H]1Cc1ccccc1C(F)(F)F. The molecule has 1 aliphatic rings. The van der Waals surface area contributed by atoms with Crippen molar-refractivity contribution in [2.24, 2.45) is 0 Å².